The number of esters is 1. The Morgan fingerprint density at radius 1 is 1.27 bits per heavy atom. The van der Waals surface area contributed by atoms with Crippen molar-refractivity contribution in [2.75, 3.05) is 26.3 Å². The van der Waals surface area contributed by atoms with Gasteiger partial charge in [-0.2, -0.15) is 0 Å². The number of hydrogen-bond acceptors (Lipinski definition) is 4. The predicted molar refractivity (Wildman–Crippen MR) is 99.6 cm³/mol. The summed E-state index contributed by atoms with van der Waals surface area (Å²) in [5.74, 6) is 0.863. The molecule has 0 saturated heterocycles. The highest BCUT2D eigenvalue weighted by atomic mass is 16.5. The number of carbonyl (C=O) groups is 2. The first-order chi connectivity index (χ1) is 12.6. The molecule has 0 bridgehead atoms. The molecule has 1 fully saturated rings. The number of nitrogens with zero attached hydrogens (tertiary/aromatic N) is 1. The fraction of sp³-hybridized carbons (Fsp3) is 0.524. The molecule has 0 unspecified atom stereocenters. The lowest BCUT2D eigenvalue weighted by Gasteiger charge is -2.26. The third-order valence-electron chi connectivity index (χ3n) is 4.94. The molecule has 1 saturated carbocycles. The van der Waals surface area contributed by atoms with Gasteiger partial charge in [0.2, 0.25) is 0 Å². The molecule has 1 aliphatic heterocycles. The fourth-order valence-electron chi connectivity index (χ4n) is 3.34. The summed E-state index contributed by atoms with van der Waals surface area (Å²) >= 11 is 0. The molecule has 26 heavy (non-hydrogen) atoms. The highest BCUT2D eigenvalue weighted by molar-refractivity contribution is 5.99. The lowest BCUT2D eigenvalue weighted by molar-refractivity contribution is -0.145. The van der Waals surface area contributed by atoms with Crippen LogP contribution >= 0.6 is 0 Å². The van der Waals surface area contributed by atoms with E-state index < -0.39 is 0 Å². The molecule has 1 amide bonds. The van der Waals surface area contributed by atoms with Crippen molar-refractivity contribution in [2.24, 2.45) is 11.8 Å². The molecule has 1 aromatic rings. The summed E-state index contributed by atoms with van der Waals surface area (Å²) in [5.41, 5.74) is 1.61. The molecular weight excluding hydrogens is 330 g/mol. The van der Waals surface area contributed by atoms with Gasteiger partial charge in [-0.05, 0) is 37.8 Å². The Labute approximate surface area is 155 Å². The summed E-state index contributed by atoms with van der Waals surface area (Å²) < 4.78 is 10.8. The van der Waals surface area contributed by atoms with Gasteiger partial charge >= 0.3 is 5.97 Å². The highest BCUT2D eigenvalue weighted by Gasteiger charge is 2.45. The summed E-state index contributed by atoms with van der Waals surface area (Å²) in [4.78, 5) is 26.8. The lowest BCUT2D eigenvalue weighted by atomic mass is 10.1. The molecule has 2 aliphatic rings. The van der Waals surface area contributed by atoms with Gasteiger partial charge in [0.1, 0.15) is 12.4 Å². The van der Waals surface area contributed by atoms with Crippen molar-refractivity contribution >= 4 is 18.0 Å². The van der Waals surface area contributed by atoms with E-state index in [-0.39, 0.29) is 23.7 Å². The molecule has 0 aromatic heterocycles. The van der Waals surface area contributed by atoms with Crippen LogP contribution in [-0.2, 0) is 14.3 Å². The molecule has 0 N–H and O–H groups in total. The first-order valence-corrected chi connectivity index (χ1v) is 9.52. The average molecular weight is 357 g/mol. The maximum atomic E-state index is 13.0. The smallest absolute Gasteiger partial charge is 0.309 e. The second-order valence-corrected chi connectivity index (χ2v) is 6.96. The van der Waals surface area contributed by atoms with E-state index in [2.05, 4.69) is 6.92 Å². The van der Waals surface area contributed by atoms with Crippen LogP contribution in [0.5, 0.6) is 5.75 Å². The number of fused-ring (bicyclic) bond motifs is 1. The Kier molecular flexibility index (Phi) is 5.96. The maximum Gasteiger partial charge on any atom is 0.309 e. The number of benzene rings is 1. The maximum absolute atomic E-state index is 13.0. The van der Waals surface area contributed by atoms with Gasteiger partial charge in [0, 0.05) is 18.7 Å². The summed E-state index contributed by atoms with van der Waals surface area (Å²) in [6, 6.07) is 7.73. The van der Waals surface area contributed by atoms with Crippen molar-refractivity contribution < 1.29 is 19.1 Å². The topological polar surface area (TPSA) is 55.8 Å². The molecular formula is C21H27NO4. The SMILES string of the molecule is CCCCN(C[C@H]1C[C@H]1C(=O)OCC)C(=O)C1=Cc2ccccc2OC1. The van der Waals surface area contributed by atoms with Crippen LogP contribution in [0.25, 0.3) is 6.08 Å². The monoisotopic (exact) mass is 357 g/mol. The van der Waals surface area contributed by atoms with Gasteiger partial charge in [-0.1, -0.05) is 31.5 Å². The predicted octanol–water partition coefficient (Wildman–Crippen LogP) is 3.29. The lowest BCUT2D eigenvalue weighted by Crippen LogP contribution is -2.37. The second kappa shape index (κ2) is 8.39. The molecule has 5 nitrogen and oxygen atoms in total. The van der Waals surface area contributed by atoms with Crippen LogP contribution in [0.1, 0.15) is 38.7 Å². The average Bonchev–Trinajstić information content (AvgIpc) is 3.43. The van der Waals surface area contributed by atoms with Crippen molar-refractivity contribution in [1.82, 2.24) is 4.90 Å². The van der Waals surface area contributed by atoms with E-state index in [0.29, 0.717) is 31.9 Å². The second-order valence-electron chi connectivity index (χ2n) is 6.96. The number of unbranched alkanes of at least 4 members (excludes halogenated alkanes) is 1. The minimum Gasteiger partial charge on any atom is -0.488 e. The zero-order valence-electron chi connectivity index (χ0n) is 15.6. The van der Waals surface area contributed by atoms with Gasteiger partial charge < -0.3 is 14.4 Å². The quantitative estimate of drug-likeness (QED) is 0.670. The van der Waals surface area contributed by atoms with Crippen molar-refractivity contribution in [3.8, 4) is 5.75 Å². The van der Waals surface area contributed by atoms with Crippen LogP contribution in [0.15, 0.2) is 29.8 Å². The number of rotatable bonds is 8. The summed E-state index contributed by atoms with van der Waals surface area (Å²) in [7, 11) is 0. The van der Waals surface area contributed by atoms with Gasteiger partial charge in [-0.15, -0.1) is 0 Å². The number of hydrogen-bond donors (Lipinski definition) is 0. The zero-order valence-corrected chi connectivity index (χ0v) is 15.6. The summed E-state index contributed by atoms with van der Waals surface area (Å²) in [5, 5.41) is 0. The highest BCUT2D eigenvalue weighted by Crippen LogP contribution is 2.40. The van der Waals surface area contributed by atoms with Crippen molar-refractivity contribution in [2.45, 2.75) is 33.1 Å². The van der Waals surface area contributed by atoms with E-state index in [1.54, 1.807) is 0 Å². The van der Waals surface area contributed by atoms with E-state index in [1.165, 1.54) is 0 Å². The molecule has 3 rings (SSSR count). The molecule has 1 aromatic carbocycles. The normalized spacial score (nSPS) is 20.5. The number of amides is 1. The Morgan fingerprint density at radius 2 is 2.08 bits per heavy atom. The number of para-hydroxylation sites is 1. The van der Waals surface area contributed by atoms with Crippen molar-refractivity contribution in [3.05, 3.63) is 35.4 Å². The van der Waals surface area contributed by atoms with E-state index in [4.69, 9.17) is 9.47 Å². The van der Waals surface area contributed by atoms with Crippen LogP contribution in [0.4, 0.5) is 0 Å². The standard InChI is InChI=1S/C21H27NO4/c1-3-5-10-22(13-16-12-18(16)21(24)25-4-2)20(23)17-11-15-8-6-7-9-19(15)26-14-17/h6-9,11,16,18H,3-5,10,12-14H2,1-2H3/t16-,18-/m1/s1. The van der Waals surface area contributed by atoms with Crippen molar-refractivity contribution in [1.29, 1.82) is 0 Å². The van der Waals surface area contributed by atoms with Gasteiger partial charge in [0.25, 0.3) is 5.91 Å². The Hall–Kier alpha value is -2.30. The fourth-order valence-corrected chi connectivity index (χ4v) is 3.34. The number of carbonyl (C=O) groups excluding carboxylic acids is 2. The first kappa shape index (κ1) is 18.5. The van der Waals surface area contributed by atoms with E-state index in [0.717, 1.165) is 30.6 Å². The Balaban J connectivity index is 1.67. The largest absolute Gasteiger partial charge is 0.488 e. The third-order valence-corrected chi connectivity index (χ3v) is 4.94. The summed E-state index contributed by atoms with van der Waals surface area (Å²) in [6.45, 7) is 5.95. The van der Waals surface area contributed by atoms with Gasteiger partial charge in [-0.3, -0.25) is 9.59 Å². The van der Waals surface area contributed by atoms with E-state index >= 15 is 0 Å². The summed E-state index contributed by atoms with van der Waals surface area (Å²) in [6.07, 6.45) is 4.71. The van der Waals surface area contributed by atoms with Crippen molar-refractivity contribution in [3.63, 3.8) is 0 Å². The Bertz CT molecular complexity index is 697. The molecule has 5 heteroatoms. The van der Waals surface area contributed by atoms with Crippen LogP contribution in [0.3, 0.4) is 0 Å². The van der Waals surface area contributed by atoms with Crippen LogP contribution in [-0.4, -0.2) is 43.1 Å². The zero-order chi connectivity index (χ0) is 18.5. The minimum absolute atomic E-state index is 0.0162. The molecule has 0 spiro atoms. The van der Waals surface area contributed by atoms with Crippen LogP contribution in [0.2, 0.25) is 0 Å². The molecule has 2 atom stereocenters. The third kappa shape index (κ3) is 4.26. The van der Waals surface area contributed by atoms with Gasteiger partial charge in [0.05, 0.1) is 18.1 Å². The molecule has 0 radical (unpaired) electrons. The number of ether oxygens (including phenoxy) is 2. The van der Waals surface area contributed by atoms with Crippen LogP contribution in [0, 0.1) is 11.8 Å². The Morgan fingerprint density at radius 3 is 2.85 bits per heavy atom. The van der Waals surface area contributed by atoms with E-state index in [1.807, 2.05) is 42.2 Å². The van der Waals surface area contributed by atoms with E-state index in [9.17, 15) is 9.59 Å². The molecule has 1 aliphatic carbocycles. The first-order valence-electron chi connectivity index (χ1n) is 9.52. The van der Waals surface area contributed by atoms with Crippen LogP contribution < -0.4 is 4.74 Å². The molecule has 140 valence electrons. The van der Waals surface area contributed by atoms with Gasteiger partial charge in [0.15, 0.2) is 0 Å². The minimum atomic E-state index is -0.130. The molecule has 1 heterocycles. The van der Waals surface area contributed by atoms with Gasteiger partial charge in [-0.25, -0.2) is 0 Å².